The highest BCUT2D eigenvalue weighted by molar-refractivity contribution is 5.66. The number of hydrogen-bond donors (Lipinski definition) is 2. The van der Waals surface area contributed by atoms with E-state index < -0.39 is 0 Å². The van der Waals surface area contributed by atoms with Gasteiger partial charge in [-0.05, 0) is 37.4 Å². The molecule has 0 amide bonds. The lowest BCUT2D eigenvalue weighted by Crippen LogP contribution is -2.39. The van der Waals surface area contributed by atoms with E-state index in [1.54, 1.807) is 22.8 Å². The molecule has 1 atom stereocenters. The Labute approximate surface area is 157 Å². The van der Waals surface area contributed by atoms with Crippen molar-refractivity contribution in [1.29, 1.82) is 0 Å². The predicted octanol–water partition coefficient (Wildman–Crippen LogP) is 2.65. The summed E-state index contributed by atoms with van der Waals surface area (Å²) >= 11 is 0. The largest absolute Gasteiger partial charge is 0.395 e. The zero-order chi connectivity index (χ0) is 18.6. The lowest BCUT2D eigenvalue weighted by atomic mass is 9.98. The second kappa shape index (κ2) is 8.02. The average Bonchev–Trinajstić information content (AvgIpc) is 3.16. The molecule has 2 aromatic heterocycles. The number of benzene rings is 1. The maximum atomic E-state index is 14.2. The van der Waals surface area contributed by atoms with Gasteiger partial charge in [-0.1, -0.05) is 12.1 Å². The van der Waals surface area contributed by atoms with Gasteiger partial charge in [0.25, 0.3) is 0 Å². The Bertz CT molecular complexity index is 910. The van der Waals surface area contributed by atoms with E-state index >= 15 is 0 Å². The highest BCUT2D eigenvalue weighted by Crippen LogP contribution is 2.25. The summed E-state index contributed by atoms with van der Waals surface area (Å²) < 4.78 is 16.0. The Morgan fingerprint density at radius 3 is 3.00 bits per heavy atom. The fourth-order valence-corrected chi connectivity index (χ4v) is 3.76. The van der Waals surface area contributed by atoms with Crippen LogP contribution in [0.5, 0.6) is 0 Å². The first kappa shape index (κ1) is 17.9. The van der Waals surface area contributed by atoms with E-state index in [-0.39, 0.29) is 12.4 Å². The first-order valence-electron chi connectivity index (χ1n) is 9.41. The van der Waals surface area contributed by atoms with E-state index in [0.29, 0.717) is 22.8 Å². The van der Waals surface area contributed by atoms with Crippen LogP contribution in [-0.2, 0) is 0 Å². The molecule has 0 bridgehead atoms. The summed E-state index contributed by atoms with van der Waals surface area (Å²) in [7, 11) is 0. The zero-order valence-corrected chi connectivity index (χ0v) is 15.2. The number of nitrogens with one attached hydrogen (secondary N) is 1. The molecule has 1 aliphatic heterocycles. The number of β-amino-alcohol motifs (C(OH)–C–C–N with tert-alkyl or cyclic N) is 1. The van der Waals surface area contributed by atoms with Crippen LogP contribution in [0.4, 0.5) is 10.2 Å². The number of hydrogen-bond acceptors (Lipinski definition) is 5. The van der Waals surface area contributed by atoms with Gasteiger partial charge in [-0.2, -0.15) is 9.61 Å². The molecular formula is C20H24FN5O. The predicted molar refractivity (Wildman–Crippen MR) is 103 cm³/mol. The van der Waals surface area contributed by atoms with Crippen LogP contribution in [0.1, 0.15) is 12.8 Å². The minimum Gasteiger partial charge on any atom is -0.395 e. The van der Waals surface area contributed by atoms with Crippen molar-refractivity contribution in [1.82, 2.24) is 19.5 Å². The van der Waals surface area contributed by atoms with Gasteiger partial charge < -0.3 is 15.3 Å². The molecule has 1 saturated heterocycles. The highest BCUT2D eigenvalue weighted by atomic mass is 19.1. The van der Waals surface area contributed by atoms with Crippen LogP contribution in [0, 0.1) is 11.7 Å². The molecule has 1 fully saturated rings. The summed E-state index contributed by atoms with van der Waals surface area (Å²) in [6, 6.07) is 10.3. The van der Waals surface area contributed by atoms with Gasteiger partial charge in [0.1, 0.15) is 11.6 Å². The monoisotopic (exact) mass is 369 g/mol. The summed E-state index contributed by atoms with van der Waals surface area (Å²) in [5.74, 6) is 1.02. The van der Waals surface area contributed by atoms with Crippen molar-refractivity contribution in [3.8, 4) is 11.3 Å². The van der Waals surface area contributed by atoms with E-state index in [4.69, 9.17) is 5.11 Å². The van der Waals surface area contributed by atoms with Gasteiger partial charge in [0.2, 0.25) is 0 Å². The van der Waals surface area contributed by atoms with Crippen LogP contribution in [0.25, 0.3) is 16.9 Å². The Morgan fingerprint density at radius 2 is 2.15 bits per heavy atom. The number of nitrogens with zero attached hydrogens (tertiary/aromatic N) is 4. The minimum absolute atomic E-state index is 0.199. The van der Waals surface area contributed by atoms with E-state index in [9.17, 15) is 4.39 Å². The summed E-state index contributed by atoms with van der Waals surface area (Å²) in [4.78, 5) is 6.84. The third-order valence-corrected chi connectivity index (χ3v) is 5.10. The molecule has 27 heavy (non-hydrogen) atoms. The van der Waals surface area contributed by atoms with Crippen molar-refractivity contribution in [2.24, 2.45) is 5.92 Å². The Morgan fingerprint density at radius 1 is 1.26 bits per heavy atom. The van der Waals surface area contributed by atoms with Gasteiger partial charge in [-0.25, -0.2) is 9.37 Å². The van der Waals surface area contributed by atoms with E-state index in [0.717, 1.165) is 44.8 Å². The third kappa shape index (κ3) is 3.94. The quantitative estimate of drug-likeness (QED) is 0.699. The normalized spacial score (nSPS) is 18.1. The molecule has 4 rings (SSSR count). The number of aliphatic hydroxyl groups excluding tert-OH is 1. The SMILES string of the molecule is OCCN1CCCC(CNc2cc(-c3ccccc3F)nc3ccnn23)C1. The number of likely N-dealkylation sites (tertiary alicyclic amines) is 1. The molecule has 3 aromatic rings. The van der Waals surface area contributed by atoms with Crippen molar-refractivity contribution < 1.29 is 9.50 Å². The number of piperidine rings is 1. The van der Waals surface area contributed by atoms with Gasteiger partial charge in [0.05, 0.1) is 18.5 Å². The Hall–Kier alpha value is -2.51. The van der Waals surface area contributed by atoms with Gasteiger partial charge in [0.15, 0.2) is 5.65 Å². The molecule has 0 saturated carbocycles. The van der Waals surface area contributed by atoms with Crippen molar-refractivity contribution in [3.63, 3.8) is 0 Å². The van der Waals surface area contributed by atoms with Crippen LogP contribution in [0.3, 0.4) is 0 Å². The summed E-state index contributed by atoms with van der Waals surface area (Å²) in [5, 5.41) is 17.0. The number of anilines is 1. The molecule has 1 unspecified atom stereocenters. The fourth-order valence-electron chi connectivity index (χ4n) is 3.76. The molecule has 6 nitrogen and oxygen atoms in total. The molecule has 0 aliphatic carbocycles. The topological polar surface area (TPSA) is 65.7 Å². The number of rotatable bonds is 6. The Balaban J connectivity index is 1.56. The maximum absolute atomic E-state index is 14.2. The van der Waals surface area contributed by atoms with E-state index in [1.165, 1.54) is 6.07 Å². The molecule has 2 N–H and O–H groups in total. The second-order valence-electron chi connectivity index (χ2n) is 7.02. The summed E-state index contributed by atoms with van der Waals surface area (Å²) in [5.41, 5.74) is 1.76. The van der Waals surface area contributed by atoms with Gasteiger partial charge >= 0.3 is 0 Å². The lowest BCUT2D eigenvalue weighted by molar-refractivity contribution is 0.144. The zero-order valence-electron chi connectivity index (χ0n) is 15.2. The van der Waals surface area contributed by atoms with Crippen molar-refractivity contribution in [2.45, 2.75) is 12.8 Å². The molecule has 1 aliphatic rings. The van der Waals surface area contributed by atoms with Crippen LogP contribution < -0.4 is 5.32 Å². The molecule has 7 heteroatoms. The Kier molecular flexibility index (Phi) is 5.31. The van der Waals surface area contributed by atoms with Crippen molar-refractivity contribution in [3.05, 3.63) is 48.4 Å². The van der Waals surface area contributed by atoms with Crippen LogP contribution in [0.2, 0.25) is 0 Å². The fraction of sp³-hybridized carbons (Fsp3) is 0.400. The molecule has 142 valence electrons. The first-order chi connectivity index (χ1) is 13.2. The van der Waals surface area contributed by atoms with Crippen molar-refractivity contribution >= 4 is 11.5 Å². The lowest BCUT2D eigenvalue weighted by Gasteiger charge is -2.32. The standard InChI is InChI=1S/C20H24FN5O/c21-17-6-2-1-5-16(17)18-12-20(26-19(24-18)7-8-23-26)22-13-15-4-3-9-25(14-15)10-11-27/h1-2,5-8,12,15,22,27H,3-4,9-11,13-14H2. The summed E-state index contributed by atoms with van der Waals surface area (Å²) in [6.07, 6.45) is 3.99. The van der Waals surface area contributed by atoms with Crippen LogP contribution in [-0.4, -0.2) is 57.4 Å². The van der Waals surface area contributed by atoms with Crippen LogP contribution in [0.15, 0.2) is 42.6 Å². The second-order valence-corrected chi connectivity index (χ2v) is 7.02. The number of aromatic nitrogens is 3. The van der Waals surface area contributed by atoms with Gasteiger partial charge in [-0.3, -0.25) is 0 Å². The molecule has 1 aromatic carbocycles. The summed E-state index contributed by atoms with van der Waals surface area (Å²) in [6.45, 7) is 3.75. The molecule has 0 spiro atoms. The number of halogens is 1. The van der Waals surface area contributed by atoms with Gasteiger partial charge in [0, 0.05) is 37.3 Å². The van der Waals surface area contributed by atoms with Crippen molar-refractivity contribution in [2.75, 3.05) is 38.1 Å². The van der Waals surface area contributed by atoms with E-state index in [2.05, 4.69) is 20.3 Å². The van der Waals surface area contributed by atoms with E-state index in [1.807, 2.05) is 18.2 Å². The third-order valence-electron chi connectivity index (χ3n) is 5.10. The number of fused-ring (bicyclic) bond motifs is 1. The smallest absolute Gasteiger partial charge is 0.157 e. The molecule has 0 radical (unpaired) electrons. The van der Waals surface area contributed by atoms with Crippen LogP contribution >= 0.6 is 0 Å². The maximum Gasteiger partial charge on any atom is 0.157 e. The number of aliphatic hydroxyl groups is 1. The molecule has 3 heterocycles. The minimum atomic E-state index is -0.285. The molecular weight excluding hydrogens is 345 g/mol. The highest BCUT2D eigenvalue weighted by Gasteiger charge is 2.20. The van der Waals surface area contributed by atoms with Gasteiger partial charge in [-0.15, -0.1) is 0 Å². The first-order valence-corrected chi connectivity index (χ1v) is 9.41. The average molecular weight is 369 g/mol.